The molecule has 25 heavy (non-hydrogen) atoms. The molecule has 5 heteroatoms. The zero-order valence-corrected chi connectivity index (χ0v) is 14.1. The molecule has 2 heterocycles. The molecule has 0 saturated carbocycles. The van der Waals surface area contributed by atoms with Gasteiger partial charge >= 0.3 is 0 Å². The van der Waals surface area contributed by atoms with Gasteiger partial charge in [-0.05, 0) is 18.9 Å². The van der Waals surface area contributed by atoms with Crippen LogP contribution >= 0.6 is 0 Å². The van der Waals surface area contributed by atoms with Crippen LogP contribution in [0, 0.1) is 6.92 Å². The Kier molecular flexibility index (Phi) is 4.12. The number of aryl methyl sites for hydroxylation is 1. The molecule has 0 amide bonds. The lowest BCUT2D eigenvalue weighted by molar-refractivity contribution is 0.914. The van der Waals surface area contributed by atoms with E-state index in [2.05, 4.69) is 51.6 Å². The molecule has 4 aromatic rings. The maximum absolute atomic E-state index is 4.59. The Morgan fingerprint density at radius 2 is 1.80 bits per heavy atom. The smallest absolute Gasteiger partial charge is 0.254 e. The molecule has 4 rings (SSSR count). The van der Waals surface area contributed by atoms with Gasteiger partial charge in [0.2, 0.25) is 0 Å². The van der Waals surface area contributed by atoms with Gasteiger partial charge in [-0.15, -0.1) is 0 Å². The van der Waals surface area contributed by atoms with E-state index in [0.29, 0.717) is 5.78 Å². The minimum atomic E-state index is 0.596. The van der Waals surface area contributed by atoms with Crippen LogP contribution in [0.1, 0.15) is 11.1 Å². The van der Waals surface area contributed by atoms with E-state index in [-0.39, 0.29) is 0 Å². The third-order valence-electron chi connectivity index (χ3n) is 4.16. The summed E-state index contributed by atoms with van der Waals surface area (Å²) in [5.74, 6) is 1.49. The van der Waals surface area contributed by atoms with Crippen LogP contribution in [0.2, 0.25) is 0 Å². The maximum Gasteiger partial charge on any atom is 0.254 e. The zero-order valence-electron chi connectivity index (χ0n) is 14.1. The van der Waals surface area contributed by atoms with Crippen molar-refractivity contribution in [2.24, 2.45) is 0 Å². The Labute approximate surface area is 146 Å². The topological polar surface area (TPSA) is 55.1 Å². The first kappa shape index (κ1) is 15.3. The van der Waals surface area contributed by atoms with Crippen molar-refractivity contribution < 1.29 is 0 Å². The highest BCUT2D eigenvalue weighted by Crippen LogP contribution is 2.21. The van der Waals surface area contributed by atoms with Crippen LogP contribution in [0.5, 0.6) is 0 Å². The summed E-state index contributed by atoms with van der Waals surface area (Å²) in [4.78, 5) is 8.83. The second-order valence-electron chi connectivity index (χ2n) is 6.03. The van der Waals surface area contributed by atoms with Gasteiger partial charge in [-0.1, -0.05) is 60.2 Å². The summed E-state index contributed by atoms with van der Waals surface area (Å²) in [6.07, 6.45) is 2.47. The number of rotatable bonds is 5. The van der Waals surface area contributed by atoms with Crippen LogP contribution in [0.25, 0.3) is 17.0 Å². The Morgan fingerprint density at radius 3 is 2.60 bits per heavy atom. The summed E-state index contributed by atoms with van der Waals surface area (Å²) in [6, 6.07) is 20.8. The molecule has 1 N–H and O–H groups in total. The quantitative estimate of drug-likeness (QED) is 0.606. The second kappa shape index (κ2) is 6.73. The Balaban J connectivity index is 1.58. The molecule has 0 atom stereocenters. The lowest BCUT2D eigenvalue weighted by Crippen LogP contribution is -2.10. The van der Waals surface area contributed by atoms with E-state index in [1.165, 1.54) is 17.5 Å². The van der Waals surface area contributed by atoms with Crippen molar-refractivity contribution in [1.82, 2.24) is 19.6 Å². The van der Waals surface area contributed by atoms with Gasteiger partial charge in [0.25, 0.3) is 5.78 Å². The SMILES string of the molecule is Cc1ccc(CCNc2cc(-c3ccccc3)nc3ncnn23)cc1. The van der Waals surface area contributed by atoms with Gasteiger partial charge in [0, 0.05) is 18.2 Å². The molecule has 2 aromatic heterocycles. The number of benzene rings is 2. The average molecular weight is 329 g/mol. The van der Waals surface area contributed by atoms with Gasteiger partial charge in [-0.3, -0.25) is 0 Å². The van der Waals surface area contributed by atoms with Gasteiger partial charge in [-0.25, -0.2) is 4.98 Å². The predicted octanol–water partition coefficient (Wildman–Crippen LogP) is 3.75. The van der Waals surface area contributed by atoms with Crippen LogP contribution in [0.15, 0.2) is 67.0 Å². The summed E-state index contributed by atoms with van der Waals surface area (Å²) in [7, 11) is 0. The molecule has 0 aliphatic heterocycles. The monoisotopic (exact) mass is 329 g/mol. The Bertz CT molecular complexity index is 974. The molecule has 2 aromatic carbocycles. The van der Waals surface area contributed by atoms with Crippen molar-refractivity contribution in [3.05, 3.63) is 78.1 Å². The Hall–Kier alpha value is -3.21. The van der Waals surface area contributed by atoms with Crippen LogP contribution in [0.4, 0.5) is 5.82 Å². The summed E-state index contributed by atoms with van der Waals surface area (Å²) in [6.45, 7) is 2.92. The standard InChI is InChI=1S/C20H19N5/c1-15-7-9-16(10-8-15)11-12-21-19-13-18(17-5-3-2-4-6-17)24-20-22-14-23-25(19)20/h2-10,13-14,21H,11-12H2,1H3. The van der Waals surface area contributed by atoms with E-state index in [4.69, 9.17) is 0 Å². The van der Waals surface area contributed by atoms with Crippen LogP contribution in [-0.2, 0) is 6.42 Å². The van der Waals surface area contributed by atoms with E-state index < -0.39 is 0 Å². The normalized spacial score (nSPS) is 10.9. The minimum Gasteiger partial charge on any atom is -0.370 e. The highest BCUT2D eigenvalue weighted by atomic mass is 15.3. The fourth-order valence-electron chi connectivity index (χ4n) is 2.78. The molecule has 0 unspecified atom stereocenters. The molecule has 0 fully saturated rings. The molecule has 5 nitrogen and oxygen atoms in total. The first-order valence-corrected chi connectivity index (χ1v) is 8.35. The first-order valence-electron chi connectivity index (χ1n) is 8.35. The van der Waals surface area contributed by atoms with E-state index in [0.717, 1.165) is 30.0 Å². The van der Waals surface area contributed by atoms with Crippen molar-refractivity contribution in [2.75, 3.05) is 11.9 Å². The molecule has 0 aliphatic rings. The number of nitrogens with one attached hydrogen (secondary N) is 1. The molecular weight excluding hydrogens is 310 g/mol. The third-order valence-corrected chi connectivity index (χ3v) is 4.16. The third kappa shape index (κ3) is 3.35. The summed E-state index contributed by atoms with van der Waals surface area (Å²) in [5.41, 5.74) is 4.54. The summed E-state index contributed by atoms with van der Waals surface area (Å²) in [5, 5.41) is 7.74. The van der Waals surface area contributed by atoms with Gasteiger partial charge in [0.05, 0.1) is 5.69 Å². The predicted molar refractivity (Wildman–Crippen MR) is 99.6 cm³/mol. The van der Waals surface area contributed by atoms with Crippen LogP contribution in [-0.4, -0.2) is 26.1 Å². The molecule has 0 bridgehead atoms. The van der Waals surface area contributed by atoms with Crippen molar-refractivity contribution in [3.63, 3.8) is 0 Å². The fourth-order valence-corrected chi connectivity index (χ4v) is 2.78. The molecular formula is C20H19N5. The molecule has 0 spiro atoms. The highest BCUT2D eigenvalue weighted by Gasteiger charge is 2.08. The fraction of sp³-hybridized carbons (Fsp3) is 0.150. The van der Waals surface area contributed by atoms with Gasteiger partial charge in [-0.2, -0.15) is 14.6 Å². The van der Waals surface area contributed by atoms with Crippen molar-refractivity contribution in [3.8, 4) is 11.3 Å². The maximum atomic E-state index is 4.59. The van der Waals surface area contributed by atoms with Gasteiger partial charge < -0.3 is 5.32 Å². The minimum absolute atomic E-state index is 0.596. The van der Waals surface area contributed by atoms with Crippen LogP contribution < -0.4 is 5.32 Å². The highest BCUT2D eigenvalue weighted by molar-refractivity contribution is 5.65. The lowest BCUT2D eigenvalue weighted by atomic mass is 10.1. The van der Waals surface area contributed by atoms with Crippen molar-refractivity contribution in [2.45, 2.75) is 13.3 Å². The Morgan fingerprint density at radius 1 is 1.00 bits per heavy atom. The lowest BCUT2D eigenvalue weighted by Gasteiger charge is -2.10. The van der Waals surface area contributed by atoms with Crippen LogP contribution in [0.3, 0.4) is 0 Å². The second-order valence-corrected chi connectivity index (χ2v) is 6.03. The van der Waals surface area contributed by atoms with E-state index >= 15 is 0 Å². The number of hydrogen-bond acceptors (Lipinski definition) is 4. The molecule has 0 saturated heterocycles. The van der Waals surface area contributed by atoms with Gasteiger partial charge in [0.15, 0.2) is 0 Å². The summed E-state index contributed by atoms with van der Waals surface area (Å²) >= 11 is 0. The van der Waals surface area contributed by atoms with E-state index in [9.17, 15) is 0 Å². The molecule has 0 aliphatic carbocycles. The number of hydrogen-bond donors (Lipinski definition) is 1. The van der Waals surface area contributed by atoms with Crippen molar-refractivity contribution >= 4 is 11.6 Å². The largest absolute Gasteiger partial charge is 0.370 e. The number of aromatic nitrogens is 4. The van der Waals surface area contributed by atoms with Gasteiger partial charge in [0.1, 0.15) is 12.1 Å². The van der Waals surface area contributed by atoms with E-state index in [1.807, 2.05) is 36.4 Å². The van der Waals surface area contributed by atoms with E-state index in [1.54, 1.807) is 4.52 Å². The number of nitrogens with zero attached hydrogens (tertiary/aromatic N) is 4. The summed E-state index contributed by atoms with van der Waals surface area (Å²) < 4.78 is 1.74. The average Bonchev–Trinajstić information content (AvgIpc) is 3.13. The number of anilines is 1. The van der Waals surface area contributed by atoms with Crippen molar-refractivity contribution in [1.29, 1.82) is 0 Å². The molecule has 124 valence electrons. The first-order chi connectivity index (χ1) is 12.3. The molecule has 0 radical (unpaired) electrons. The number of fused-ring (bicyclic) bond motifs is 1. The zero-order chi connectivity index (χ0) is 17.1.